The van der Waals surface area contributed by atoms with Crippen LogP contribution in [0.2, 0.25) is 0 Å². The highest BCUT2D eigenvalue weighted by Crippen LogP contribution is 2.29. The molecule has 7 nitrogen and oxygen atoms in total. The predicted octanol–water partition coefficient (Wildman–Crippen LogP) is 2.37. The number of H-pyrrole nitrogens is 1. The van der Waals surface area contributed by atoms with Gasteiger partial charge in [0.2, 0.25) is 5.91 Å². The van der Waals surface area contributed by atoms with Crippen LogP contribution >= 0.6 is 11.3 Å². The van der Waals surface area contributed by atoms with Crippen LogP contribution in [0.4, 0.5) is 10.9 Å². The Labute approximate surface area is 144 Å². The lowest BCUT2D eigenvalue weighted by Crippen LogP contribution is -2.39. The summed E-state index contributed by atoms with van der Waals surface area (Å²) in [6.07, 6.45) is 5.79. The molecule has 8 heteroatoms. The molecule has 2 fully saturated rings. The molecule has 0 saturated carbocycles. The predicted molar refractivity (Wildman–Crippen MR) is 92.5 cm³/mol. The second-order valence-corrected chi connectivity index (χ2v) is 7.15. The Kier molecular flexibility index (Phi) is 4.48. The van der Waals surface area contributed by atoms with Gasteiger partial charge in [0.1, 0.15) is 6.04 Å². The van der Waals surface area contributed by atoms with Gasteiger partial charge in [0.15, 0.2) is 10.9 Å². The lowest BCUT2D eigenvalue weighted by molar-refractivity contribution is -0.117. The van der Waals surface area contributed by atoms with E-state index in [9.17, 15) is 4.79 Å². The number of hydrogen-bond donors (Lipinski definition) is 2. The maximum absolute atomic E-state index is 12.7. The lowest BCUT2D eigenvalue weighted by atomic mass is 9.99. The number of rotatable bonds is 4. The summed E-state index contributed by atoms with van der Waals surface area (Å²) < 4.78 is 5.52. The topological polar surface area (TPSA) is 83.1 Å². The normalized spacial score (nSPS) is 24.2. The SMILES string of the molecule is O=C(Nc1cc([C@@H]2CCCOC2)[nH]n1)[C@@H]1CCCN1c1nccs1. The first-order valence-corrected chi connectivity index (χ1v) is 9.29. The number of thiazole rings is 1. The number of amides is 1. The number of carbonyl (C=O) groups is 1. The van der Waals surface area contributed by atoms with Crippen LogP contribution in [-0.2, 0) is 9.53 Å². The maximum Gasteiger partial charge on any atom is 0.248 e. The van der Waals surface area contributed by atoms with Gasteiger partial charge in [-0.3, -0.25) is 9.89 Å². The average molecular weight is 347 g/mol. The van der Waals surface area contributed by atoms with Gasteiger partial charge in [0.25, 0.3) is 0 Å². The highest BCUT2D eigenvalue weighted by molar-refractivity contribution is 7.13. The first-order valence-electron chi connectivity index (χ1n) is 8.41. The van der Waals surface area contributed by atoms with Crippen molar-refractivity contribution in [3.8, 4) is 0 Å². The first-order chi connectivity index (χ1) is 11.8. The van der Waals surface area contributed by atoms with Crippen molar-refractivity contribution >= 4 is 28.2 Å². The maximum atomic E-state index is 12.7. The van der Waals surface area contributed by atoms with Gasteiger partial charge < -0.3 is 15.0 Å². The summed E-state index contributed by atoms with van der Waals surface area (Å²) >= 11 is 1.57. The lowest BCUT2D eigenvalue weighted by Gasteiger charge is -2.22. The summed E-state index contributed by atoms with van der Waals surface area (Å²) in [6.45, 7) is 2.43. The van der Waals surface area contributed by atoms with Crippen LogP contribution in [0.1, 0.15) is 37.3 Å². The Morgan fingerprint density at radius 3 is 3.17 bits per heavy atom. The fourth-order valence-electron chi connectivity index (χ4n) is 3.43. The van der Waals surface area contributed by atoms with E-state index in [-0.39, 0.29) is 11.9 Å². The van der Waals surface area contributed by atoms with E-state index < -0.39 is 0 Å². The third-order valence-corrected chi connectivity index (χ3v) is 5.48. The molecule has 4 rings (SSSR count). The zero-order valence-electron chi connectivity index (χ0n) is 13.4. The van der Waals surface area contributed by atoms with Crippen LogP contribution in [0.5, 0.6) is 0 Å². The fourth-order valence-corrected chi connectivity index (χ4v) is 4.15. The van der Waals surface area contributed by atoms with Gasteiger partial charge in [-0.15, -0.1) is 11.3 Å². The summed E-state index contributed by atoms with van der Waals surface area (Å²) in [5.74, 6) is 0.919. The first kappa shape index (κ1) is 15.6. The summed E-state index contributed by atoms with van der Waals surface area (Å²) in [6, 6.07) is 1.76. The Morgan fingerprint density at radius 2 is 2.38 bits per heavy atom. The molecule has 0 bridgehead atoms. The number of nitrogens with one attached hydrogen (secondary N) is 2. The largest absolute Gasteiger partial charge is 0.381 e. The van der Waals surface area contributed by atoms with Gasteiger partial charge in [0.05, 0.1) is 6.61 Å². The minimum absolute atomic E-state index is 0.0133. The number of hydrogen-bond acceptors (Lipinski definition) is 6. The van der Waals surface area contributed by atoms with Crippen molar-refractivity contribution < 1.29 is 9.53 Å². The van der Waals surface area contributed by atoms with Crippen molar-refractivity contribution in [2.45, 2.75) is 37.6 Å². The van der Waals surface area contributed by atoms with Gasteiger partial charge in [-0.25, -0.2) is 4.98 Å². The zero-order chi connectivity index (χ0) is 16.4. The number of anilines is 2. The summed E-state index contributed by atoms with van der Waals surface area (Å²) in [4.78, 5) is 19.1. The summed E-state index contributed by atoms with van der Waals surface area (Å²) in [5, 5.41) is 13.1. The van der Waals surface area contributed by atoms with Gasteiger partial charge in [0, 0.05) is 42.4 Å². The van der Waals surface area contributed by atoms with Crippen molar-refractivity contribution in [3.63, 3.8) is 0 Å². The monoisotopic (exact) mass is 347 g/mol. The van der Waals surface area contributed by atoms with E-state index in [1.807, 2.05) is 11.4 Å². The standard InChI is InChI=1S/C16H21N5O2S/c22-15(13-4-1-6-21(13)16-17-5-8-24-16)18-14-9-12(19-20-14)11-3-2-7-23-10-11/h5,8-9,11,13H,1-4,6-7,10H2,(H2,18,19,20,22)/t11-,13+/m1/s1. The Hall–Kier alpha value is -1.93. The van der Waals surface area contributed by atoms with Crippen LogP contribution in [-0.4, -0.2) is 46.9 Å². The molecule has 2 saturated heterocycles. The fraction of sp³-hybridized carbons (Fsp3) is 0.562. The van der Waals surface area contributed by atoms with Crippen molar-refractivity contribution in [2.75, 3.05) is 30.0 Å². The molecule has 2 atom stereocenters. The zero-order valence-corrected chi connectivity index (χ0v) is 14.2. The molecule has 1 amide bonds. The molecule has 0 radical (unpaired) electrons. The van der Waals surface area contributed by atoms with E-state index in [1.54, 1.807) is 17.5 Å². The molecule has 24 heavy (non-hydrogen) atoms. The Balaban J connectivity index is 1.41. The number of carbonyl (C=O) groups excluding carboxylic acids is 1. The van der Waals surface area contributed by atoms with Crippen LogP contribution in [0.15, 0.2) is 17.6 Å². The number of aromatic nitrogens is 3. The molecular formula is C16H21N5O2S. The molecule has 2 aliphatic heterocycles. The third-order valence-electron chi connectivity index (χ3n) is 4.67. The molecule has 0 aromatic carbocycles. The van der Waals surface area contributed by atoms with Gasteiger partial charge in [-0.2, -0.15) is 5.10 Å². The smallest absolute Gasteiger partial charge is 0.248 e. The number of aromatic amines is 1. The summed E-state index contributed by atoms with van der Waals surface area (Å²) in [5.41, 5.74) is 1.04. The molecular weight excluding hydrogens is 326 g/mol. The van der Waals surface area contributed by atoms with E-state index in [0.717, 1.165) is 56.3 Å². The van der Waals surface area contributed by atoms with Crippen molar-refractivity contribution in [2.24, 2.45) is 0 Å². The highest BCUT2D eigenvalue weighted by Gasteiger charge is 2.32. The van der Waals surface area contributed by atoms with Crippen molar-refractivity contribution in [3.05, 3.63) is 23.3 Å². The molecule has 2 aromatic heterocycles. The molecule has 2 aliphatic rings. The number of ether oxygens (including phenoxy) is 1. The molecule has 2 N–H and O–H groups in total. The molecule has 0 aliphatic carbocycles. The molecule has 2 aromatic rings. The van der Waals surface area contributed by atoms with E-state index in [2.05, 4.69) is 25.4 Å². The van der Waals surface area contributed by atoms with E-state index >= 15 is 0 Å². The second kappa shape index (κ2) is 6.90. The quantitative estimate of drug-likeness (QED) is 0.887. The van der Waals surface area contributed by atoms with Gasteiger partial charge in [-0.1, -0.05) is 0 Å². The minimum Gasteiger partial charge on any atom is -0.381 e. The van der Waals surface area contributed by atoms with E-state index in [4.69, 9.17) is 4.74 Å². The Bertz CT molecular complexity index is 680. The molecule has 4 heterocycles. The molecule has 128 valence electrons. The van der Waals surface area contributed by atoms with Crippen LogP contribution in [0.3, 0.4) is 0 Å². The molecule has 0 spiro atoms. The molecule has 0 unspecified atom stereocenters. The van der Waals surface area contributed by atoms with E-state index in [0.29, 0.717) is 11.7 Å². The van der Waals surface area contributed by atoms with Crippen LogP contribution in [0, 0.1) is 0 Å². The van der Waals surface area contributed by atoms with Crippen LogP contribution < -0.4 is 10.2 Å². The van der Waals surface area contributed by atoms with Gasteiger partial charge >= 0.3 is 0 Å². The third kappa shape index (κ3) is 3.16. The summed E-state index contributed by atoms with van der Waals surface area (Å²) in [7, 11) is 0. The average Bonchev–Trinajstić information content (AvgIpc) is 3.36. The van der Waals surface area contributed by atoms with E-state index in [1.165, 1.54) is 0 Å². The second-order valence-electron chi connectivity index (χ2n) is 6.28. The van der Waals surface area contributed by atoms with Crippen molar-refractivity contribution in [1.29, 1.82) is 0 Å². The number of nitrogens with zero attached hydrogens (tertiary/aromatic N) is 3. The van der Waals surface area contributed by atoms with Crippen LogP contribution in [0.25, 0.3) is 0 Å². The minimum atomic E-state index is -0.172. The highest BCUT2D eigenvalue weighted by atomic mass is 32.1. The van der Waals surface area contributed by atoms with Crippen molar-refractivity contribution in [1.82, 2.24) is 15.2 Å². The van der Waals surface area contributed by atoms with Gasteiger partial charge in [-0.05, 0) is 25.7 Å². The Morgan fingerprint density at radius 1 is 1.42 bits per heavy atom.